The Labute approximate surface area is 171 Å². The van der Waals surface area contributed by atoms with Gasteiger partial charge in [0.1, 0.15) is 11.8 Å². The Hall–Kier alpha value is -3.15. The van der Waals surface area contributed by atoms with Gasteiger partial charge in [0, 0.05) is 11.1 Å². The zero-order valence-electron chi connectivity index (χ0n) is 17.4. The van der Waals surface area contributed by atoms with Crippen molar-refractivity contribution in [3.05, 3.63) is 65.2 Å². The van der Waals surface area contributed by atoms with Crippen molar-refractivity contribution in [1.82, 2.24) is 5.32 Å². The van der Waals surface area contributed by atoms with Crippen molar-refractivity contribution in [2.45, 2.75) is 39.2 Å². The Balaban J connectivity index is 1.87. The highest BCUT2D eigenvalue weighted by atomic mass is 16.5. The molecule has 29 heavy (non-hydrogen) atoms. The van der Waals surface area contributed by atoms with E-state index in [2.05, 4.69) is 26.1 Å². The molecule has 0 spiro atoms. The first-order chi connectivity index (χ1) is 13.6. The molecular formula is C23H27NO5. The highest BCUT2D eigenvalue weighted by molar-refractivity contribution is 5.99. The number of benzene rings is 2. The van der Waals surface area contributed by atoms with Gasteiger partial charge in [-0.1, -0.05) is 32.9 Å². The quantitative estimate of drug-likeness (QED) is 0.571. The standard InChI is InChI=1S/C23H27NO5/c1-15(24-21(26)17-6-10-18(11-7-17)23(2,3)4)22(27)29-14-20(25)16-8-12-19(28-5)13-9-16/h6-13,15H,14H2,1-5H3,(H,24,26)/t15-/m0/s1. The number of carbonyl (C=O) groups is 3. The molecule has 0 bridgehead atoms. The van der Waals surface area contributed by atoms with Crippen molar-refractivity contribution >= 4 is 17.7 Å². The first-order valence-electron chi connectivity index (χ1n) is 9.37. The third kappa shape index (κ3) is 6.17. The Morgan fingerprint density at radius 3 is 2.00 bits per heavy atom. The Bertz CT molecular complexity index is 864. The van der Waals surface area contributed by atoms with Gasteiger partial charge in [0.25, 0.3) is 5.91 Å². The minimum absolute atomic E-state index is 0.0114. The van der Waals surface area contributed by atoms with Crippen molar-refractivity contribution in [3.8, 4) is 5.75 Å². The predicted octanol–water partition coefficient (Wildman–Crippen LogP) is 3.54. The maximum absolute atomic E-state index is 12.3. The summed E-state index contributed by atoms with van der Waals surface area (Å²) in [6.45, 7) is 7.39. The minimum Gasteiger partial charge on any atom is -0.497 e. The van der Waals surface area contributed by atoms with E-state index in [4.69, 9.17) is 9.47 Å². The van der Waals surface area contributed by atoms with Gasteiger partial charge >= 0.3 is 5.97 Å². The smallest absolute Gasteiger partial charge is 0.328 e. The number of methoxy groups -OCH3 is 1. The second kappa shape index (κ2) is 9.37. The van der Waals surface area contributed by atoms with Crippen molar-refractivity contribution in [2.75, 3.05) is 13.7 Å². The van der Waals surface area contributed by atoms with E-state index in [-0.39, 0.29) is 17.1 Å². The summed E-state index contributed by atoms with van der Waals surface area (Å²) in [5.74, 6) is -0.759. The van der Waals surface area contributed by atoms with Crippen LogP contribution >= 0.6 is 0 Å². The highest BCUT2D eigenvalue weighted by Crippen LogP contribution is 2.22. The summed E-state index contributed by atoms with van der Waals surface area (Å²) in [6, 6.07) is 12.9. The molecule has 0 heterocycles. The minimum atomic E-state index is -0.881. The fourth-order valence-corrected chi connectivity index (χ4v) is 2.58. The van der Waals surface area contributed by atoms with E-state index in [0.717, 1.165) is 5.56 Å². The molecule has 1 N–H and O–H groups in total. The molecule has 0 saturated carbocycles. The summed E-state index contributed by atoms with van der Waals surface area (Å²) in [5, 5.41) is 2.59. The maximum Gasteiger partial charge on any atom is 0.328 e. The highest BCUT2D eigenvalue weighted by Gasteiger charge is 2.20. The molecule has 2 rings (SSSR count). The van der Waals surface area contributed by atoms with E-state index in [9.17, 15) is 14.4 Å². The van der Waals surface area contributed by atoms with Crippen LogP contribution in [0.3, 0.4) is 0 Å². The Morgan fingerprint density at radius 1 is 0.931 bits per heavy atom. The van der Waals surface area contributed by atoms with Crippen molar-refractivity contribution < 1.29 is 23.9 Å². The van der Waals surface area contributed by atoms with E-state index < -0.39 is 18.6 Å². The summed E-state index contributed by atoms with van der Waals surface area (Å²) in [6.07, 6.45) is 0. The predicted molar refractivity (Wildman–Crippen MR) is 110 cm³/mol. The lowest BCUT2D eigenvalue weighted by molar-refractivity contribution is -0.144. The average Bonchev–Trinajstić information content (AvgIpc) is 2.71. The van der Waals surface area contributed by atoms with Crippen molar-refractivity contribution in [1.29, 1.82) is 0 Å². The summed E-state index contributed by atoms with van der Waals surface area (Å²) in [4.78, 5) is 36.6. The van der Waals surface area contributed by atoms with E-state index >= 15 is 0 Å². The summed E-state index contributed by atoms with van der Waals surface area (Å²) < 4.78 is 10.1. The van der Waals surface area contributed by atoms with Gasteiger partial charge < -0.3 is 14.8 Å². The molecule has 0 radical (unpaired) electrons. The Kier molecular flexibility index (Phi) is 7.15. The molecule has 2 aromatic rings. The van der Waals surface area contributed by atoms with Crippen LogP contribution in [-0.2, 0) is 14.9 Å². The van der Waals surface area contributed by atoms with Crippen molar-refractivity contribution in [3.63, 3.8) is 0 Å². The summed E-state index contributed by atoms with van der Waals surface area (Å²) in [5.41, 5.74) is 1.96. The molecule has 0 aliphatic carbocycles. The second-order valence-corrected chi connectivity index (χ2v) is 7.78. The van der Waals surface area contributed by atoms with E-state index in [1.54, 1.807) is 36.4 Å². The third-order valence-electron chi connectivity index (χ3n) is 4.47. The average molecular weight is 397 g/mol. The molecule has 0 fully saturated rings. The van der Waals surface area contributed by atoms with E-state index in [1.807, 2.05) is 12.1 Å². The SMILES string of the molecule is COc1ccc(C(=O)COC(=O)[C@H](C)NC(=O)c2ccc(C(C)(C)C)cc2)cc1. The lowest BCUT2D eigenvalue weighted by Gasteiger charge is -2.19. The van der Waals surface area contributed by atoms with Gasteiger partial charge in [-0.05, 0) is 54.3 Å². The molecule has 0 saturated heterocycles. The summed E-state index contributed by atoms with van der Waals surface area (Å²) >= 11 is 0. The molecule has 154 valence electrons. The lowest BCUT2D eigenvalue weighted by Crippen LogP contribution is -2.40. The van der Waals surface area contributed by atoms with Crippen LogP contribution in [0.4, 0.5) is 0 Å². The van der Waals surface area contributed by atoms with Gasteiger partial charge in [0.05, 0.1) is 7.11 Å². The third-order valence-corrected chi connectivity index (χ3v) is 4.47. The molecule has 6 heteroatoms. The molecular weight excluding hydrogens is 370 g/mol. The van der Waals surface area contributed by atoms with Crippen LogP contribution in [0.5, 0.6) is 5.75 Å². The lowest BCUT2D eigenvalue weighted by atomic mass is 9.86. The number of Topliss-reactive ketones (excluding diaryl/α,β-unsaturated/α-hetero) is 1. The van der Waals surface area contributed by atoms with Crippen LogP contribution < -0.4 is 10.1 Å². The molecule has 1 amide bonds. The molecule has 0 aromatic heterocycles. The topological polar surface area (TPSA) is 81.7 Å². The first kappa shape index (κ1) is 22.1. The molecule has 2 aromatic carbocycles. The number of carbonyl (C=O) groups excluding carboxylic acids is 3. The molecule has 1 atom stereocenters. The first-order valence-corrected chi connectivity index (χ1v) is 9.37. The van der Waals surface area contributed by atoms with Crippen LogP contribution in [0.15, 0.2) is 48.5 Å². The molecule has 0 aliphatic rings. The van der Waals surface area contributed by atoms with Gasteiger partial charge in [-0.15, -0.1) is 0 Å². The van der Waals surface area contributed by atoms with Gasteiger partial charge in [0.15, 0.2) is 12.4 Å². The zero-order chi connectivity index (χ0) is 21.6. The normalized spacial score (nSPS) is 12.0. The number of nitrogens with one attached hydrogen (secondary N) is 1. The van der Waals surface area contributed by atoms with Crippen LogP contribution in [0.1, 0.15) is 54.0 Å². The number of ether oxygens (including phenoxy) is 2. The van der Waals surface area contributed by atoms with E-state index in [0.29, 0.717) is 16.9 Å². The molecule has 0 aliphatic heterocycles. The van der Waals surface area contributed by atoms with Crippen LogP contribution in [-0.4, -0.2) is 37.4 Å². The monoisotopic (exact) mass is 397 g/mol. The number of hydrogen-bond donors (Lipinski definition) is 1. The van der Waals surface area contributed by atoms with Crippen LogP contribution in [0.2, 0.25) is 0 Å². The Morgan fingerprint density at radius 2 is 1.48 bits per heavy atom. The number of amides is 1. The van der Waals surface area contributed by atoms with E-state index in [1.165, 1.54) is 14.0 Å². The van der Waals surface area contributed by atoms with Gasteiger partial charge in [-0.25, -0.2) is 4.79 Å². The fraction of sp³-hybridized carbons (Fsp3) is 0.348. The van der Waals surface area contributed by atoms with Gasteiger partial charge in [-0.3, -0.25) is 9.59 Å². The number of rotatable bonds is 7. The van der Waals surface area contributed by atoms with Crippen LogP contribution in [0, 0.1) is 0 Å². The number of hydrogen-bond acceptors (Lipinski definition) is 5. The zero-order valence-corrected chi connectivity index (χ0v) is 17.4. The second-order valence-electron chi connectivity index (χ2n) is 7.78. The van der Waals surface area contributed by atoms with Gasteiger partial charge in [0.2, 0.25) is 0 Å². The van der Waals surface area contributed by atoms with Gasteiger partial charge in [-0.2, -0.15) is 0 Å². The van der Waals surface area contributed by atoms with Crippen molar-refractivity contribution in [2.24, 2.45) is 0 Å². The number of ketones is 1. The molecule has 6 nitrogen and oxygen atoms in total. The largest absolute Gasteiger partial charge is 0.497 e. The van der Waals surface area contributed by atoms with Crippen LogP contribution in [0.25, 0.3) is 0 Å². The summed E-state index contributed by atoms with van der Waals surface area (Å²) in [7, 11) is 1.53. The molecule has 0 unspecified atom stereocenters. The number of esters is 1. The maximum atomic E-state index is 12.3. The fourth-order valence-electron chi connectivity index (χ4n) is 2.58.